The molecule has 1 aliphatic rings. The highest BCUT2D eigenvalue weighted by Gasteiger charge is 2.36. The molecule has 2 aromatic carbocycles. The summed E-state index contributed by atoms with van der Waals surface area (Å²) in [6.45, 7) is -0.388. The molecule has 7 nitrogen and oxygen atoms in total. The van der Waals surface area contributed by atoms with Crippen molar-refractivity contribution in [1.82, 2.24) is 4.90 Å². The summed E-state index contributed by atoms with van der Waals surface area (Å²) >= 11 is 1.19. The third kappa shape index (κ3) is 3.60. The van der Waals surface area contributed by atoms with E-state index in [4.69, 9.17) is 5.73 Å². The molecule has 1 aliphatic heterocycles. The fraction of sp³-hybridized carbons (Fsp3) is 0.111. The molecule has 0 atom stereocenters. The van der Waals surface area contributed by atoms with Gasteiger partial charge in [-0.2, -0.15) is 0 Å². The van der Waals surface area contributed by atoms with Crippen molar-refractivity contribution < 1.29 is 19.2 Å². The SMILES string of the molecule is NC(=O)CSc1ccccc1NC(=O)CN1C(=O)c2ccccc2C1=O. The van der Waals surface area contributed by atoms with Gasteiger partial charge in [0.25, 0.3) is 11.8 Å². The predicted molar refractivity (Wildman–Crippen MR) is 96.8 cm³/mol. The van der Waals surface area contributed by atoms with Crippen molar-refractivity contribution >= 4 is 41.1 Å². The molecule has 0 aliphatic carbocycles. The highest BCUT2D eigenvalue weighted by atomic mass is 32.2. The number of hydrogen-bond acceptors (Lipinski definition) is 5. The highest BCUT2D eigenvalue weighted by Crippen LogP contribution is 2.27. The van der Waals surface area contributed by atoms with Crippen molar-refractivity contribution in [1.29, 1.82) is 0 Å². The monoisotopic (exact) mass is 369 g/mol. The van der Waals surface area contributed by atoms with Crippen LogP contribution in [0.25, 0.3) is 0 Å². The van der Waals surface area contributed by atoms with Crippen LogP contribution in [-0.2, 0) is 9.59 Å². The molecule has 0 saturated carbocycles. The lowest BCUT2D eigenvalue weighted by Gasteiger charge is -2.15. The first-order valence-corrected chi connectivity index (χ1v) is 8.71. The van der Waals surface area contributed by atoms with E-state index in [9.17, 15) is 19.2 Å². The number of rotatable bonds is 6. The van der Waals surface area contributed by atoms with Gasteiger partial charge in [-0.3, -0.25) is 24.1 Å². The Morgan fingerprint density at radius 2 is 1.54 bits per heavy atom. The van der Waals surface area contributed by atoms with Crippen molar-refractivity contribution in [3.63, 3.8) is 0 Å². The van der Waals surface area contributed by atoms with Gasteiger partial charge in [-0.1, -0.05) is 24.3 Å². The van der Waals surface area contributed by atoms with E-state index >= 15 is 0 Å². The minimum Gasteiger partial charge on any atom is -0.369 e. The van der Waals surface area contributed by atoms with Gasteiger partial charge in [0.05, 0.1) is 22.6 Å². The van der Waals surface area contributed by atoms with E-state index in [1.165, 1.54) is 11.8 Å². The third-order valence-corrected chi connectivity index (χ3v) is 4.81. The number of para-hydroxylation sites is 1. The maximum atomic E-state index is 12.3. The molecule has 0 aromatic heterocycles. The van der Waals surface area contributed by atoms with Gasteiger partial charge in [0, 0.05) is 4.90 Å². The molecule has 0 spiro atoms. The van der Waals surface area contributed by atoms with Crippen LogP contribution in [0, 0.1) is 0 Å². The summed E-state index contributed by atoms with van der Waals surface area (Å²) in [5.41, 5.74) is 6.22. The number of nitrogens with two attached hydrogens (primary N) is 1. The van der Waals surface area contributed by atoms with Crippen molar-refractivity contribution in [3.05, 3.63) is 59.7 Å². The van der Waals surface area contributed by atoms with Crippen LogP contribution >= 0.6 is 11.8 Å². The molecule has 8 heteroatoms. The van der Waals surface area contributed by atoms with E-state index in [2.05, 4.69) is 5.32 Å². The number of carbonyl (C=O) groups excluding carboxylic acids is 4. The number of imide groups is 1. The van der Waals surface area contributed by atoms with E-state index in [1.807, 2.05) is 0 Å². The number of amides is 4. The number of primary amides is 1. The van der Waals surface area contributed by atoms with Crippen LogP contribution in [0.15, 0.2) is 53.4 Å². The first-order chi connectivity index (χ1) is 12.5. The van der Waals surface area contributed by atoms with Crippen LogP contribution in [0.5, 0.6) is 0 Å². The molecule has 4 amide bonds. The van der Waals surface area contributed by atoms with Gasteiger partial charge < -0.3 is 11.1 Å². The van der Waals surface area contributed by atoms with Crippen molar-refractivity contribution in [2.45, 2.75) is 4.90 Å². The Hall–Kier alpha value is -3.13. The molecular weight excluding hydrogens is 354 g/mol. The summed E-state index contributed by atoms with van der Waals surface area (Å²) in [4.78, 5) is 49.5. The molecule has 0 fully saturated rings. The number of carbonyl (C=O) groups is 4. The molecule has 3 N–H and O–H groups in total. The van der Waals surface area contributed by atoms with Crippen molar-refractivity contribution in [3.8, 4) is 0 Å². The van der Waals surface area contributed by atoms with E-state index in [0.29, 0.717) is 21.7 Å². The summed E-state index contributed by atoms with van der Waals surface area (Å²) in [5.74, 6) is -1.88. The maximum Gasteiger partial charge on any atom is 0.262 e. The van der Waals surface area contributed by atoms with Crippen LogP contribution in [0.4, 0.5) is 5.69 Å². The number of benzene rings is 2. The molecule has 1 heterocycles. The van der Waals surface area contributed by atoms with Crippen molar-refractivity contribution in [2.24, 2.45) is 5.73 Å². The minimum absolute atomic E-state index is 0.0747. The fourth-order valence-electron chi connectivity index (χ4n) is 2.56. The first kappa shape index (κ1) is 17.7. The Bertz CT molecular complexity index is 878. The van der Waals surface area contributed by atoms with Gasteiger partial charge in [-0.15, -0.1) is 11.8 Å². The molecule has 0 unspecified atom stereocenters. The summed E-state index contributed by atoms with van der Waals surface area (Å²) in [6.07, 6.45) is 0. The molecule has 2 aromatic rings. The van der Waals surface area contributed by atoms with E-state index in [0.717, 1.165) is 4.90 Å². The Labute approximate surface area is 153 Å². The quantitative estimate of drug-likeness (QED) is 0.592. The topological polar surface area (TPSA) is 110 Å². The maximum absolute atomic E-state index is 12.3. The molecule has 26 heavy (non-hydrogen) atoms. The second-order valence-corrected chi connectivity index (χ2v) is 6.56. The van der Waals surface area contributed by atoms with Gasteiger partial charge >= 0.3 is 0 Å². The van der Waals surface area contributed by atoms with Gasteiger partial charge in [0.2, 0.25) is 11.8 Å². The Morgan fingerprint density at radius 3 is 2.15 bits per heavy atom. The average molecular weight is 369 g/mol. The van der Waals surface area contributed by atoms with Crippen LogP contribution < -0.4 is 11.1 Å². The van der Waals surface area contributed by atoms with Gasteiger partial charge in [0.1, 0.15) is 6.54 Å². The van der Waals surface area contributed by atoms with E-state index in [1.54, 1.807) is 48.5 Å². The van der Waals surface area contributed by atoms with E-state index < -0.39 is 23.6 Å². The Balaban J connectivity index is 1.70. The summed E-state index contributed by atoms with van der Waals surface area (Å²) in [7, 11) is 0. The van der Waals surface area contributed by atoms with Crippen molar-refractivity contribution in [2.75, 3.05) is 17.6 Å². The number of nitrogens with zero attached hydrogens (tertiary/aromatic N) is 1. The summed E-state index contributed by atoms with van der Waals surface area (Å²) in [6, 6.07) is 13.4. The number of fused-ring (bicyclic) bond motifs is 1. The van der Waals surface area contributed by atoms with E-state index in [-0.39, 0.29) is 12.3 Å². The Kier molecular flexibility index (Phi) is 5.04. The van der Waals surface area contributed by atoms with Gasteiger partial charge in [0.15, 0.2) is 0 Å². The standard InChI is InChI=1S/C18H15N3O4S/c19-15(22)10-26-14-8-4-3-7-13(14)20-16(23)9-21-17(24)11-5-1-2-6-12(11)18(21)25/h1-8H,9-10H2,(H2,19,22)(H,20,23). The molecule has 0 saturated heterocycles. The summed E-state index contributed by atoms with van der Waals surface area (Å²) < 4.78 is 0. The smallest absolute Gasteiger partial charge is 0.262 e. The lowest BCUT2D eigenvalue weighted by atomic mass is 10.1. The highest BCUT2D eigenvalue weighted by molar-refractivity contribution is 8.00. The molecular formula is C18H15N3O4S. The minimum atomic E-state index is -0.508. The molecule has 132 valence electrons. The number of hydrogen-bond donors (Lipinski definition) is 2. The number of anilines is 1. The second kappa shape index (κ2) is 7.40. The normalized spacial score (nSPS) is 12.8. The average Bonchev–Trinajstić information content (AvgIpc) is 2.86. The fourth-order valence-corrected chi connectivity index (χ4v) is 3.31. The van der Waals surface area contributed by atoms with Crippen LogP contribution in [0.1, 0.15) is 20.7 Å². The number of thioether (sulfide) groups is 1. The first-order valence-electron chi connectivity index (χ1n) is 7.72. The predicted octanol–water partition coefficient (Wildman–Crippen LogP) is 1.50. The zero-order chi connectivity index (χ0) is 18.7. The van der Waals surface area contributed by atoms with Crippen LogP contribution in [-0.4, -0.2) is 40.8 Å². The molecule has 3 rings (SSSR count). The lowest BCUT2D eigenvalue weighted by Crippen LogP contribution is -2.37. The molecule has 0 bridgehead atoms. The van der Waals surface area contributed by atoms with Gasteiger partial charge in [-0.25, -0.2) is 0 Å². The van der Waals surface area contributed by atoms with Crippen LogP contribution in [0.3, 0.4) is 0 Å². The number of nitrogens with one attached hydrogen (secondary N) is 1. The second-order valence-electron chi connectivity index (χ2n) is 5.54. The summed E-state index contributed by atoms with van der Waals surface area (Å²) in [5, 5.41) is 2.67. The zero-order valence-electron chi connectivity index (χ0n) is 13.6. The lowest BCUT2D eigenvalue weighted by molar-refractivity contribution is -0.116. The van der Waals surface area contributed by atoms with Crippen LogP contribution in [0.2, 0.25) is 0 Å². The third-order valence-electron chi connectivity index (χ3n) is 3.71. The zero-order valence-corrected chi connectivity index (χ0v) is 14.4. The molecule has 0 radical (unpaired) electrons. The van der Waals surface area contributed by atoms with Gasteiger partial charge in [-0.05, 0) is 24.3 Å². The largest absolute Gasteiger partial charge is 0.369 e. The Morgan fingerprint density at radius 1 is 0.962 bits per heavy atom.